The molecule has 0 aromatic rings. The lowest BCUT2D eigenvalue weighted by Gasteiger charge is -2.18. The molecule has 1 atom stereocenters. The smallest absolute Gasteiger partial charge is 0.379 e. The monoisotopic (exact) mass is 340 g/mol. The third kappa shape index (κ3) is 16.4. The molecular weight excluding hydrogens is 307 g/mol. The number of hydrogen-bond donors (Lipinski definition) is 2. The Hall–Kier alpha value is 0.0300. The highest BCUT2D eigenvalue weighted by Gasteiger charge is 2.19. The zero-order valence-electron chi connectivity index (χ0n) is 14.0. The van der Waals surface area contributed by atoms with Crippen molar-refractivity contribution < 1.29 is 28.3 Å². The van der Waals surface area contributed by atoms with Gasteiger partial charge < -0.3 is 19.3 Å². The van der Waals surface area contributed by atoms with Crippen LogP contribution in [0, 0.1) is 0 Å². The molecule has 7 heteroatoms. The van der Waals surface area contributed by atoms with Crippen LogP contribution in [-0.2, 0) is 18.6 Å². The standard InChI is InChI=1S/C15H33O6P/c1-3-5-7-9-11-19-13-15(14-21-22(16,17)18)20-12-10-8-6-4-2/h15H,3-14H2,1-2H3,(H2,16,17,18)/t15-/m0/s1. The van der Waals surface area contributed by atoms with Crippen LogP contribution in [0.1, 0.15) is 65.2 Å². The highest BCUT2D eigenvalue weighted by atomic mass is 31.2. The molecule has 2 N–H and O–H groups in total. The Morgan fingerprint density at radius 1 is 0.864 bits per heavy atom. The summed E-state index contributed by atoms with van der Waals surface area (Å²) < 4.78 is 26.4. The Morgan fingerprint density at radius 3 is 2.00 bits per heavy atom. The number of hydrogen-bond acceptors (Lipinski definition) is 4. The van der Waals surface area contributed by atoms with E-state index in [0.717, 1.165) is 32.1 Å². The molecule has 134 valence electrons. The maximum atomic E-state index is 10.8. The Bertz CT molecular complexity index is 281. The number of ether oxygens (including phenoxy) is 2. The van der Waals surface area contributed by atoms with E-state index in [9.17, 15) is 4.57 Å². The largest absolute Gasteiger partial charge is 0.469 e. The maximum absolute atomic E-state index is 10.8. The zero-order chi connectivity index (χ0) is 16.7. The van der Waals surface area contributed by atoms with Crippen LogP contribution >= 0.6 is 7.82 Å². The van der Waals surface area contributed by atoms with Crippen LogP contribution in [0.2, 0.25) is 0 Å². The number of phosphoric ester groups is 1. The van der Waals surface area contributed by atoms with E-state index >= 15 is 0 Å². The normalized spacial score (nSPS) is 13.5. The van der Waals surface area contributed by atoms with Gasteiger partial charge in [-0.25, -0.2) is 4.57 Å². The molecule has 0 unspecified atom stereocenters. The molecule has 0 amide bonds. The van der Waals surface area contributed by atoms with Gasteiger partial charge in [-0.15, -0.1) is 0 Å². The molecule has 0 aliphatic rings. The second-order valence-electron chi connectivity index (χ2n) is 5.48. The molecular formula is C15H33O6P. The van der Waals surface area contributed by atoms with Crippen molar-refractivity contribution in [3.05, 3.63) is 0 Å². The van der Waals surface area contributed by atoms with Crippen molar-refractivity contribution >= 4 is 7.82 Å². The summed E-state index contributed by atoms with van der Waals surface area (Å²) in [6.07, 6.45) is 8.44. The fourth-order valence-electron chi connectivity index (χ4n) is 1.95. The van der Waals surface area contributed by atoms with E-state index in [1.807, 2.05) is 0 Å². The Kier molecular flexibility index (Phi) is 14.6. The molecule has 0 aromatic carbocycles. The average molecular weight is 340 g/mol. The Balaban J connectivity index is 3.87. The minimum atomic E-state index is -4.46. The summed E-state index contributed by atoms with van der Waals surface area (Å²) in [5.41, 5.74) is 0. The van der Waals surface area contributed by atoms with Crippen LogP contribution < -0.4 is 0 Å². The zero-order valence-corrected chi connectivity index (χ0v) is 14.9. The van der Waals surface area contributed by atoms with Crippen molar-refractivity contribution in [2.24, 2.45) is 0 Å². The van der Waals surface area contributed by atoms with Crippen molar-refractivity contribution in [1.29, 1.82) is 0 Å². The molecule has 0 aliphatic heterocycles. The molecule has 0 radical (unpaired) electrons. The summed E-state index contributed by atoms with van der Waals surface area (Å²) in [6.45, 7) is 5.67. The van der Waals surface area contributed by atoms with Gasteiger partial charge in [0.15, 0.2) is 0 Å². The molecule has 0 saturated heterocycles. The molecule has 6 nitrogen and oxygen atoms in total. The lowest BCUT2D eigenvalue weighted by atomic mass is 10.2. The SMILES string of the molecule is CCCCCCOC[C@@H](COP(=O)(O)O)OCCCCCC. The average Bonchev–Trinajstić information content (AvgIpc) is 2.46. The van der Waals surface area contributed by atoms with Crippen LogP contribution in [0.3, 0.4) is 0 Å². The summed E-state index contributed by atoms with van der Waals surface area (Å²) in [5, 5.41) is 0. The van der Waals surface area contributed by atoms with Gasteiger partial charge in [-0.05, 0) is 12.8 Å². The van der Waals surface area contributed by atoms with Crippen molar-refractivity contribution in [1.82, 2.24) is 0 Å². The van der Waals surface area contributed by atoms with Crippen molar-refractivity contribution in [2.45, 2.75) is 71.3 Å². The first-order valence-corrected chi connectivity index (χ1v) is 9.92. The second-order valence-corrected chi connectivity index (χ2v) is 6.71. The molecule has 0 aliphatic carbocycles. The van der Waals surface area contributed by atoms with E-state index in [0.29, 0.717) is 19.8 Å². The first-order valence-electron chi connectivity index (χ1n) is 8.39. The van der Waals surface area contributed by atoms with Gasteiger partial charge in [0.2, 0.25) is 0 Å². The molecule has 0 bridgehead atoms. The van der Waals surface area contributed by atoms with E-state index in [-0.39, 0.29) is 6.61 Å². The number of phosphoric acid groups is 1. The van der Waals surface area contributed by atoms with Gasteiger partial charge in [-0.2, -0.15) is 0 Å². The van der Waals surface area contributed by atoms with Gasteiger partial charge >= 0.3 is 7.82 Å². The van der Waals surface area contributed by atoms with Crippen molar-refractivity contribution in [2.75, 3.05) is 26.4 Å². The quantitative estimate of drug-likeness (QED) is 0.329. The van der Waals surface area contributed by atoms with Crippen LogP contribution in [-0.4, -0.2) is 42.3 Å². The minimum absolute atomic E-state index is 0.146. The summed E-state index contributed by atoms with van der Waals surface area (Å²) in [4.78, 5) is 17.5. The van der Waals surface area contributed by atoms with Gasteiger partial charge in [0.05, 0.1) is 13.2 Å². The van der Waals surface area contributed by atoms with E-state index in [1.54, 1.807) is 0 Å². The van der Waals surface area contributed by atoms with E-state index in [1.165, 1.54) is 19.3 Å². The fourth-order valence-corrected chi connectivity index (χ4v) is 2.31. The Morgan fingerprint density at radius 2 is 1.45 bits per heavy atom. The molecule has 0 rings (SSSR count). The third-order valence-electron chi connectivity index (χ3n) is 3.23. The van der Waals surface area contributed by atoms with E-state index < -0.39 is 13.9 Å². The number of rotatable bonds is 16. The fraction of sp³-hybridized carbons (Fsp3) is 1.00. The lowest BCUT2D eigenvalue weighted by Crippen LogP contribution is -2.26. The lowest BCUT2D eigenvalue weighted by molar-refractivity contribution is -0.0429. The predicted molar refractivity (Wildman–Crippen MR) is 86.8 cm³/mol. The molecule has 0 aromatic heterocycles. The number of unbranched alkanes of at least 4 members (excludes halogenated alkanes) is 6. The maximum Gasteiger partial charge on any atom is 0.469 e. The summed E-state index contributed by atoms with van der Waals surface area (Å²) in [7, 11) is -4.46. The highest BCUT2D eigenvalue weighted by Crippen LogP contribution is 2.35. The minimum Gasteiger partial charge on any atom is -0.379 e. The van der Waals surface area contributed by atoms with Gasteiger partial charge in [0.25, 0.3) is 0 Å². The van der Waals surface area contributed by atoms with E-state index in [4.69, 9.17) is 19.3 Å². The van der Waals surface area contributed by atoms with Crippen LogP contribution in [0.4, 0.5) is 0 Å². The molecule has 0 heterocycles. The first kappa shape index (κ1) is 22.0. The third-order valence-corrected chi connectivity index (χ3v) is 3.71. The van der Waals surface area contributed by atoms with E-state index in [2.05, 4.69) is 18.4 Å². The highest BCUT2D eigenvalue weighted by molar-refractivity contribution is 7.46. The Labute approximate surface area is 134 Å². The van der Waals surface area contributed by atoms with Crippen molar-refractivity contribution in [3.63, 3.8) is 0 Å². The topological polar surface area (TPSA) is 85.2 Å². The molecule has 0 saturated carbocycles. The summed E-state index contributed by atoms with van der Waals surface area (Å²) in [6, 6.07) is 0. The summed E-state index contributed by atoms with van der Waals surface area (Å²) >= 11 is 0. The second kappa shape index (κ2) is 14.6. The van der Waals surface area contributed by atoms with Crippen molar-refractivity contribution in [3.8, 4) is 0 Å². The molecule has 0 fully saturated rings. The first-order chi connectivity index (χ1) is 10.5. The molecule has 0 spiro atoms. The van der Waals surface area contributed by atoms with Crippen LogP contribution in [0.15, 0.2) is 0 Å². The summed E-state index contributed by atoms with van der Waals surface area (Å²) in [5.74, 6) is 0. The van der Waals surface area contributed by atoms with Crippen LogP contribution in [0.25, 0.3) is 0 Å². The van der Waals surface area contributed by atoms with Gasteiger partial charge in [0.1, 0.15) is 6.10 Å². The molecule has 22 heavy (non-hydrogen) atoms. The van der Waals surface area contributed by atoms with Gasteiger partial charge in [0, 0.05) is 13.2 Å². The van der Waals surface area contributed by atoms with Crippen LogP contribution in [0.5, 0.6) is 0 Å². The van der Waals surface area contributed by atoms with Gasteiger partial charge in [-0.1, -0.05) is 52.4 Å². The predicted octanol–water partition coefficient (Wildman–Crippen LogP) is 3.66. The van der Waals surface area contributed by atoms with Gasteiger partial charge in [-0.3, -0.25) is 4.52 Å².